The zero-order valence-corrected chi connectivity index (χ0v) is 26.1. The number of nitrogens with zero attached hydrogens (tertiary/aromatic N) is 4. The van der Waals surface area contributed by atoms with Crippen molar-refractivity contribution >= 4 is 5.65 Å². The van der Waals surface area contributed by atoms with E-state index in [1.165, 1.54) is 0 Å². The van der Waals surface area contributed by atoms with E-state index in [9.17, 15) is 10.4 Å². The van der Waals surface area contributed by atoms with Crippen molar-refractivity contribution in [1.82, 2.24) is 14.4 Å². The fourth-order valence-electron chi connectivity index (χ4n) is 5.16. The number of aromatic hydroxyl groups is 1. The first-order chi connectivity index (χ1) is 19.7. The van der Waals surface area contributed by atoms with Gasteiger partial charge in [-0.25, -0.2) is 4.98 Å². The van der Waals surface area contributed by atoms with Crippen molar-refractivity contribution in [3.05, 3.63) is 120 Å². The third kappa shape index (κ3) is 5.27. The molecule has 3 aromatic carbocycles. The SMILES string of the molecule is Cc1c(-c2cc(C(C)(C)C)ccc2O)nc2c(-c3[c-]c(-c4cc(C#N)c(-c5ccccc5)cn4)ccc3)cccn12.[Pt]. The molecule has 0 aliphatic heterocycles. The summed E-state index contributed by atoms with van der Waals surface area (Å²) >= 11 is 0. The van der Waals surface area contributed by atoms with Crippen LogP contribution in [0.2, 0.25) is 0 Å². The number of pyridine rings is 2. The van der Waals surface area contributed by atoms with Gasteiger partial charge in [-0.2, -0.15) is 5.26 Å². The Hall–Kier alpha value is -4.52. The Balaban J connectivity index is 0.00000353. The summed E-state index contributed by atoms with van der Waals surface area (Å²) in [7, 11) is 0. The van der Waals surface area contributed by atoms with E-state index in [1.807, 2.05) is 92.0 Å². The molecule has 1 N–H and O–H groups in total. The maximum absolute atomic E-state index is 10.8. The van der Waals surface area contributed by atoms with Crippen LogP contribution in [-0.2, 0) is 26.5 Å². The summed E-state index contributed by atoms with van der Waals surface area (Å²) < 4.78 is 2.05. The first-order valence-corrected chi connectivity index (χ1v) is 13.5. The van der Waals surface area contributed by atoms with E-state index in [1.54, 1.807) is 12.3 Å². The standard InChI is InChI=1S/C36H29N4O.Pt/c1-23-34(30-20-28(36(2,3)4)15-16-33(30)41)39-35-29(14-9-17-40(23)35)25-12-8-13-26(18-25)32-19-27(21-37)31(22-38-32)24-10-6-5-7-11-24;/h5-17,19-20,22,41H,1-4H3;/q-1;. The quantitative estimate of drug-likeness (QED) is 0.185. The molecule has 0 aliphatic rings. The Labute approximate surface area is 260 Å². The first kappa shape index (κ1) is 29.0. The molecular formula is C36H29N4OPt-. The maximum atomic E-state index is 10.8. The van der Waals surface area contributed by atoms with Crippen LogP contribution in [0.5, 0.6) is 5.75 Å². The fourth-order valence-corrected chi connectivity index (χ4v) is 5.16. The van der Waals surface area contributed by atoms with Crippen LogP contribution in [0.1, 0.15) is 37.6 Å². The average molecular weight is 729 g/mol. The Morgan fingerprint density at radius 1 is 0.857 bits per heavy atom. The van der Waals surface area contributed by atoms with Crippen LogP contribution in [0.4, 0.5) is 0 Å². The predicted molar refractivity (Wildman–Crippen MR) is 163 cm³/mol. The van der Waals surface area contributed by atoms with Gasteiger partial charge in [0.05, 0.1) is 17.3 Å². The molecule has 3 heterocycles. The molecule has 0 unspecified atom stereocenters. The van der Waals surface area contributed by atoms with Crippen molar-refractivity contribution in [2.24, 2.45) is 0 Å². The number of benzene rings is 3. The second kappa shape index (κ2) is 11.4. The van der Waals surface area contributed by atoms with E-state index >= 15 is 0 Å². The monoisotopic (exact) mass is 728 g/mol. The van der Waals surface area contributed by atoms with Crippen molar-refractivity contribution in [3.63, 3.8) is 0 Å². The zero-order valence-electron chi connectivity index (χ0n) is 23.8. The maximum Gasteiger partial charge on any atom is 0.125 e. The third-order valence-corrected chi connectivity index (χ3v) is 7.48. The van der Waals surface area contributed by atoms with E-state index in [4.69, 9.17) is 9.97 Å². The van der Waals surface area contributed by atoms with E-state index in [0.29, 0.717) is 16.8 Å². The Bertz CT molecular complexity index is 1960. The second-order valence-corrected chi connectivity index (χ2v) is 11.2. The fraction of sp³-hybridized carbons (Fsp3) is 0.139. The van der Waals surface area contributed by atoms with Gasteiger partial charge in [-0.05, 0) is 41.2 Å². The molecule has 42 heavy (non-hydrogen) atoms. The minimum atomic E-state index is -0.0607. The summed E-state index contributed by atoms with van der Waals surface area (Å²) in [5.74, 6) is 0.206. The van der Waals surface area contributed by atoms with Gasteiger partial charge in [-0.15, -0.1) is 29.8 Å². The van der Waals surface area contributed by atoms with Crippen molar-refractivity contribution in [2.75, 3.05) is 0 Å². The number of hydrogen-bond acceptors (Lipinski definition) is 4. The largest absolute Gasteiger partial charge is 0.507 e. The topological polar surface area (TPSA) is 74.2 Å². The van der Waals surface area contributed by atoms with Crippen molar-refractivity contribution in [3.8, 4) is 56.6 Å². The molecule has 5 nitrogen and oxygen atoms in total. The zero-order chi connectivity index (χ0) is 28.7. The van der Waals surface area contributed by atoms with Crippen LogP contribution < -0.4 is 0 Å². The van der Waals surface area contributed by atoms with Gasteiger partial charge in [-0.1, -0.05) is 80.9 Å². The van der Waals surface area contributed by atoms with Crippen molar-refractivity contribution < 1.29 is 26.2 Å². The third-order valence-electron chi connectivity index (χ3n) is 7.48. The van der Waals surface area contributed by atoms with E-state index in [2.05, 4.69) is 37.3 Å². The smallest absolute Gasteiger partial charge is 0.125 e. The van der Waals surface area contributed by atoms with Crippen LogP contribution in [0.15, 0.2) is 97.3 Å². The van der Waals surface area contributed by atoms with Gasteiger partial charge >= 0.3 is 0 Å². The van der Waals surface area contributed by atoms with Gasteiger partial charge in [-0.3, -0.25) is 4.98 Å². The number of hydrogen-bond donors (Lipinski definition) is 1. The number of aromatic nitrogens is 3. The van der Waals surface area contributed by atoms with Crippen LogP contribution in [0.25, 0.3) is 50.4 Å². The molecule has 0 spiro atoms. The molecule has 0 fully saturated rings. The minimum absolute atomic E-state index is 0. The van der Waals surface area contributed by atoms with E-state index < -0.39 is 0 Å². The van der Waals surface area contributed by atoms with E-state index in [-0.39, 0.29) is 32.2 Å². The molecule has 0 saturated heterocycles. The van der Waals surface area contributed by atoms with Gasteiger partial charge in [0.2, 0.25) is 0 Å². The average Bonchev–Trinajstić information content (AvgIpc) is 3.33. The van der Waals surface area contributed by atoms with Gasteiger partial charge in [0.1, 0.15) is 11.4 Å². The molecule has 6 rings (SSSR count). The number of phenols is 1. The second-order valence-electron chi connectivity index (χ2n) is 11.2. The molecule has 0 bridgehead atoms. The Morgan fingerprint density at radius 2 is 1.62 bits per heavy atom. The van der Waals surface area contributed by atoms with Crippen LogP contribution in [-0.4, -0.2) is 19.5 Å². The number of imidazole rings is 1. The van der Waals surface area contributed by atoms with Crippen molar-refractivity contribution in [1.29, 1.82) is 5.26 Å². The van der Waals surface area contributed by atoms with Gasteiger partial charge in [0, 0.05) is 56.0 Å². The van der Waals surface area contributed by atoms with E-state index in [0.717, 1.165) is 50.4 Å². The molecule has 0 radical (unpaired) electrons. The molecule has 3 aromatic heterocycles. The first-order valence-electron chi connectivity index (χ1n) is 13.5. The van der Waals surface area contributed by atoms with Crippen molar-refractivity contribution in [2.45, 2.75) is 33.1 Å². The number of phenolic OH excluding ortho intramolecular Hbond substituents is 1. The minimum Gasteiger partial charge on any atom is -0.507 e. The van der Waals surface area contributed by atoms with Gasteiger partial charge in [0.15, 0.2) is 0 Å². The molecule has 6 heteroatoms. The number of nitriles is 1. The van der Waals surface area contributed by atoms with Crippen LogP contribution >= 0.6 is 0 Å². The van der Waals surface area contributed by atoms with Crippen LogP contribution in [0, 0.1) is 24.3 Å². The molecule has 0 aliphatic carbocycles. The molecule has 210 valence electrons. The molecule has 6 aromatic rings. The van der Waals surface area contributed by atoms with Crippen LogP contribution in [0.3, 0.4) is 0 Å². The summed E-state index contributed by atoms with van der Waals surface area (Å²) in [5, 5.41) is 20.7. The number of aryl methyl sites for hydroxylation is 1. The Kier molecular flexibility index (Phi) is 7.86. The Morgan fingerprint density at radius 3 is 2.36 bits per heavy atom. The normalized spacial score (nSPS) is 11.2. The number of rotatable bonds is 4. The summed E-state index contributed by atoms with van der Waals surface area (Å²) in [6, 6.07) is 33.2. The summed E-state index contributed by atoms with van der Waals surface area (Å²) in [4.78, 5) is 9.74. The van der Waals surface area contributed by atoms with Gasteiger partial charge < -0.3 is 9.51 Å². The predicted octanol–water partition coefficient (Wildman–Crippen LogP) is 8.38. The summed E-state index contributed by atoms with van der Waals surface area (Å²) in [5.41, 5.74) is 9.82. The summed E-state index contributed by atoms with van der Waals surface area (Å²) in [6.45, 7) is 8.49. The molecule has 0 saturated carbocycles. The molecular weight excluding hydrogens is 700 g/mol. The molecule has 0 amide bonds. The summed E-state index contributed by atoms with van der Waals surface area (Å²) in [6.07, 6.45) is 3.75. The van der Waals surface area contributed by atoms with Gasteiger partial charge in [0.25, 0.3) is 0 Å². The molecule has 0 atom stereocenters. The number of fused-ring (bicyclic) bond motifs is 1.